The van der Waals surface area contributed by atoms with Gasteiger partial charge in [-0.15, -0.1) is 0 Å². The predicted molar refractivity (Wildman–Crippen MR) is 312 cm³/mol. The van der Waals surface area contributed by atoms with Crippen LogP contribution in [0.4, 0.5) is 0 Å². The van der Waals surface area contributed by atoms with E-state index in [0.717, 1.165) is 63.7 Å². The van der Waals surface area contributed by atoms with Crippen molar-refractivity contribution in [3.05, 3.63) is 0 Å². The molecule has 6 heteroatoms. The first-order valence-electron chi connectivity index (χ1n) is 32.9. The van der Waals surface area contributed by atoms with E-state index in [2.05, 4.69) is 27.7 Å². The van der Waals surface area contributed by atoms with Crippen molar-refractivity contribution < 1.29 is 28.6 Å². The van der Waals surface area contributed by atoms with E-state index in [1.807, 2.05) is 0 Å². The lowest BCUT2D eigenvalue weighted by molar-refractivity contribution is -0.167. The Hall–Kier alpha value is -1.59. The second-order valence-corrected chi connectivity index (χ2v) is 23.2. The Kier molecular flexibility index (Phi) is 58.9. The zero-order valence-corrected chi connectivity index (χ0v) is 49.4. The van der Waals surface area contributed by atoms with Gasteiger partial charge in [-0.3, -0.25) is 14.4 Å². The van der Waals surface area contributed by atoms with Crippen LogP contribution in [-0.2, 0) is 28.6 Å². The van der Waals surface area contributed by atoms with E-state index in [9.17, 15) is 14.4 Å². The summed E-state index contributed by atoms with van der Waals surface area (Å²) in [7, 11) is 0. The molecule has 0 fully saturated rings. The van der Waals surface area contributed by atoms with Gasteiger partial charge in [0.25, 0.3) is 0 Å². The van der Waals surface area contributed by atoms with E-state index in [-0.39, 0.29) is 31.1 Å². The molecule has 0 aromatic heterocycles. The minimum atomic E-state index is -0.763. The molecule has 0 bridgehead atoms. The van der Waals surface area contributed by atoms with Crippen LogP contribution in [0.3, 0.4) is 0 Å². The van der Waals surface area contributed by atoms with E-state index in [1.54, 1.807) is 0 Å². The van der Waals surface area contributed by atoms with Crippen LogP contribution in [0.15, 0.2) is 0 Å². The maximum Gasteiger partial charge on any atom is 0.306 e. The van der Waals surface area contributed by atoms with Gasteiger partial charge in [-0.1, -0.05) is 342 Å². The molecule has 0 aliphatic carbocycles. The molecule has 0 N–H and O–H groups in total. The van der Waals surface area contributed by atoms with E-state index in [1.165, 1.54) is 276 Å². The first-order valence-corrected chi connectivity index (χ1v) is 32.9. The molecule has 0 aromatic rings. The molecule has 0 aliphatic heterocycles. The van der Waals surface area contributed by atoms with Crippen molar-refractivity contribution in [1.29, 1.82) is 0 Å². The Morgan fingerprint density at radius 2 is 0.458 bits per heavy atom. The molecule has 0 aliphatic rings. The quantitative estimate of drug-likeness (QED) is 0.0343. The van der Waals surface area contributed by atoms with Gasteiger partial charge in [0.15, 0.2) is 6.10 Å². The van der Waals surface area contributed by atoms with Gasteiger partial charge < -0.3 is 14.2 Å². The Morgan fingerprint density at radius 3 is 0.681 bits per heavy atom. The third kappa shape index (κ3) is 59.3. The van der Waals surface area contributed by atoms with Gasteiger partial charge in [-0.2, -0.15) is 0 Å². The zero-order valence-electron chi connectivity index (χ0n) is 49.4. The van der Waals surface area contributed by atoms with Crippen LogP contribution in [0.2, 0.25) is 0 Å². The molecule has 0 aromatic carbocycles. The number of ether oxygens (including phenoxy) is 3. The van der Waals surface area contributed by atoms with Crippen molar-refractivity contribution in [1.82, 2.24) is 0 Å². The summed E-state index contributed by atoms with van der Waals surface area (Å²) in [6.07, 6.45) is 68.2. The second-order valence-electron chi connectivity index (χ2n) is 23.2. The average Bonchev–Trinajstić information content (AvgIpc) is 3.37. The van der Waals surface area contributed by atoms with Crippen molar-refractivity contribution in [2.45, 2.75) is 387 Å². The first kappa shape index (κ1) is 70.4. The Labute approximate surface area is 450 Å². The molecule has 0 saturated heterocycles. The van der Waals surface area contributed by atoms with Crippen molar-refractivity contribution in [3.8, 4) is 0 Å². The lowest BCUT2D eigenvalue weighted by Gasteiger charge is -2.18. The molecule has 0 unspecified atom stereocenters. The lowest BCUT2D eigenvalue weighted by atomic mass is 10.0. The van der Waals surface area contributed by atoms with Crippen molar-refractivity contribution in [2.75, 3.05) is 13.2 Å². The van der Waals surface area contributed by atoms with Gasteiger partial charge in [-0.25, -0.2) is 0 Å². The van der Waals surface area contributed by atoms with E-state index >= 15 is 0 Å². The van der Waals surface area contributed by atoms with Gasteiger partial charge in [-0.05, 0) is 25.2 Å². The first-order chi connectivity index (χ1) is 35.4. The van der Waals surface area contributed by atoms with Crippen LogP contribution in [0.1, 0.15) is 381 Å². The van der Waals surface area contributed by atoms with E-state index < -0.39 is 6.10 Å². The summed E-state index contributed by atoms with van der Waals surface area (Å²) >= 11 is 0. The van der Waals surface area contributed by atoms with Gasteiger partial charge in [0.1, 0.15) is 13.2 Å². The summed E-state index contributed by atoms with van der Waals surface area (Å²) in [5.74, 6) is 0.0329. The highest BCUT2D eigenvalue weighted by atomic mass is 16.6. The van der Waals surface area contributed by atoms with Crippen molar-refractivity contribution >= 4 is 17.9 Å². The van der Waals surface area contributed by atoms with Crippen molar-refractivity contribution in [3.63, 3.8) is 0 Å². The third-order valence-corrected chi connectivity index (χ3v) is 15.3. The highest BCUT2D eigenvalue weighted by Crippen LogP contribution is 2.19. The highest BCUT2D eigenvalue weighted by Gasteiger charge is 2.19. The summed E-state index contributed by atoms with van der Waals surface area (Å²) in [4.78, 5) is 38.3. The highest BCUT2D eigenvalue weighted by molar-refractivity contribution is 5.71. The van der Waals surface area contributed by atoms with Gasteiger partial charge in [0.05, 0.1) is 0 Å². The lowest BCUT2D eigenvalue weighted by Crippen LogP contribution is -2.30. The van der Waals surface area contributed by atoms with Crippen LogP contribution < -0.4 is 0 Å². The Bertz CT molecular complexity index is 1090. The molecule has 428 valence electrons. The van der Waals surface area contributed by atoms with Crippen LogP contribution in [0, 0.1) is 5.92 Å². The maximum atomic E-state index is 12.9. The van der Waals surface area contributed by atoms with E-state index in [4.69, 9.17) is 14.2 Å². The number of rotatable bonds is 61. The molecule has 0 rings (SSSR count). The fraction of sp³-hybridized carbons (Fsp3) is 0.955. The molecule has 0 spiro atoms. The topological polar surface area (TPSA) is 78.9 Å². The number of unbranched alkanes of at least 4 members (excludes halogenated alkanes) is 48. The monoisotopic (exact) mass is 1020 g/mol. The van der Waals surface area contributed by atoms with Gasteiger partial charge >= 0.3 is 17.9 Å². The Morgan fingerprint density at radius 1 is 0.264 bits per heavy atom. The fourth-order valence-electron chi connectivity index (χ4n) is 10.3. The number of carbonyl (C=O) groups excluding carboxylic acids is 3. The Balaban J connectivity index is 4.25. The minimum Gasteiger partial charge on any atom is -0.462 e. The third-order valence-electron chi connectivity index (χ3n) is 15.3. The van der Waals surface area contributed by atoms with Crippen molar-refractivity contribution in [2.24, 2.45) is 5.92 Å². The van der Waals surface area contributed by atoms with E-state index in [0.29, 0.717) is 19.3 Å². The summed E-state index contributed by atoms with van der Waals surface area (Å²) < 4.78 is 17.0. The molecular formula is C66H128O6. The fourth-order valence-corrected chi connectivity index (χ4v) is 10.3. The number of esters is 3. The molecule has 0 radical (unpaired) electrons. The molecule has 72 heavy (non-hydrogen) atoms. The minimum absolute atomic E-state index is 0.0609. The molecule has 0 amide bonds. The molecule has 1 atom stereocenters. The molecule has 0 saturated carbocycles. The maximum absolute atomic E-state index is 12.9. The van der Waals surface area contributed by atoms with Crippen LogP contribution >= 0.6 is 0 Å². The van der Waals surface area contributed by atoms with Crippen LogP contribution in [0.25, 0.3) is 0 Å². The second kappa shape index (κ2) is 60.3. The van der Waals surface area contributed by atoms with Crippen LogP contribution in [0.5, 0.6) is 0 Å². The molecule has 6 nitrogen and oxygen atoms in total. The summed E-state index contributed by atoms with van der Waals surface area (Å²) in [5, 5.41) is 0. The SMILES string of the molecule is CCCCCCCCCCCCCCCCCCCCCC(=O)OC[C@H](COC(=O)CCCCCCCCCCCCCCCC)OC(=O)CCCCCCCCCCCCCCCCCCCCC(C)C. The smallest absolute Gasteiger partial charge is 0.306 e. The standard InChI is InChI=1S/C66H128O6/c1-5-7-9-11-13-15-17-19-21-22-23-27-30-34-38-42-46-50-54-58-65(68)71-61-63(60-70-64(67)57-53-49-45-41-37-33-20-18-16-14-12-10-8-6-2)72-66(69)59-55-51-47-43-39-35-31-28-25-24-26-29-32-36-40-44-48-52-56-62(3)4/h62-63H,5-61H2,1-4H3/t63-/m0/s1. The predicted octanol–water partition coefficient (Wildman–Crippen LogP) is 22.1. The van der Waals surface area contributed by atoms with Gasteiger partial charge in [0.2, 0.25) is 0 Å². The number of carbonyl (C=O) groups is 3. The largest absolute Gasteiger partial charge is 0.462 e. The number of hydrogen-bond acceptors (Lipinski definition) is 6. The van der Waals surface area contributed by atoms with Gasteiger partial charge in [0, 0.05) is 19.3 Å². The summed E-state index contributed by atoms with van der Waals surface area (Å²) in [6, 6.07) is 0. The molecule has 0 heterocycles. The average molecular weight is 1020 g/mol. The normalized spacial score (nSPS) is 12.0. The summed E-state index contributed by atoms with van der Waals surface area (Å²) in [5.41, 5.74) is 0. The summed E-state index contributed by atoms with van der Waals surface area (Å²) in [6.45, 7) is 9.11. The zero-order chi connectivity index (χ0) is 52.3. The van der Waals surface area contributed by atoms with Crippen LogP contribution in [-0.4, -0.2) is 37.2 Å². The number of hydrogen-bond donors (Lipinski definition) is 0. The molecular weight excluding hydrogens is 889 g/mol.